The first-order valence-corrected chi connectivity index (χ1v) is 8.13. The Hall–Kier alpha value is -2.53. The molecule has 0 unspecified atom stereocenters. The van der Waals surface area contributed by atoms with Crippen molar-refractivity contribution in [1.82, 2.24) is 0 Å². The second-order valence-electron chi connectivity index (χ2n) is 5.61. The molecule has 0 spiro atoms. The molecule has 0 saturated carbocycles. The van der Waals surface area contributed by atoms with E-state index in [0.29, 0.717) is 10.8 Å². The number of likely N-dealkylation sites (N-methyl/N-ethyl adjacent to an activating group) is 1. The van der Waals surface area contributed by atoms with E-state index in [1.165, 1.54) is 4.90 Å². The predicted octanol–water partition coefficient (Wildman–Crippen LogP) is 3.54. The van der Waals surface area contributed by atoms with Crippen LogP contribution in [0.25, 0.3) is 0 Å². The number of carbonyl (C=O) groups excluding carboxylic acids is 2. The van der Waals surface area contributed by atoms with E-state index in [1.807, 2.05) is 32.0 Å². The highest BCUT2D eigenvalue weighted by atomic mass is 35.5. The van der Waals surface area contributed by atoms with Crippen LogP contribution in [0.1, 0.15) is 11.1 Å². The van der Waals surface area contributed by atoms with Gasteiger partial charge < -0.3 is 14.4 Å². The standard InChI is InChI=1S/C19H20ClNO4/c1-13-9-15(20)10-14(2)19(13)25-12-18(23)24-11-17(22)21(3)16-7-5-4-6-8-16/h4-10H,11-12H2,1-3H3. The molecule has 0 N–H and O–H groups in total. The summed E-state index contributed by atoms with van der Waals surface area (Å²) in [6, 6.07) is 12.6. The van der Waals surface area contributed by atoms with E-state index >= 15 is 0 Å². The Morgan fingerprint density at radius 2 is 1.64 bits per heavy atom. The lowest BCUT2D eigenvalue weighted by Crippen LogP contribution is -2.31. The Kier molecular flexibility index (Phi) is 6.42. The molecule has 0 aliphatic heterocycles. The summed E-state index contributed by atoms with van der Waals surface area (Å²) in [7, 11) is 1.63. The molecule has 2 rings (SSSR count). The third-order valence-electron chi connectivity index (χ3n) is 3.63. The van der Waals surface area contributed by atoms with Gasteiger partial charge in [-0.25, -0.2) is 4.79 Å². The highest BCUT2D eigenvalue weighted by Gasteiger charge is 2.15. The maximum absolute atomic E-state index is 12.1. The van der Waals surface area contributed by atoms with Crippen molar-refractivity contribution in [3.63, 3.8) is 0 Å². The number of aryl methyl sites for hydroxylation is 2. The number of carbonyl (C=O) groups is 2. The number of esters is 1. The fourth-order valence-electron chi connectivity index (χ4n) is 2.33. The van der Waals surface area contributed by atoms with Gasteiger partial charge >= 0.3 is 5.97 Å². The first-order valence-electron chi connectivity index (χ1n) is 7.75. The molecule has 25 heavy (non-hydrogen) atoms. The molecule has 2 aromatic carbocycles. The fourth-order valence-corrected chi connectivity index (χ4v) is 2.66. The first kappa shape index (κ1) is 18.8. The van der Waals surface area contributed by atoms with Crippen LogP contribution in [0.15, 0.2) is 42.5 Å². The first-order chi connectivity index (χ1) is 11.9. The number of amides is 1. The minimum absolute atomic E-state index is 0.272. The largest absolute Gasteiger partial charge is 0.481 e. The summed E-state index contributed by atoms with van der Waals surface area (Å²) < 4.78 is 10.5. The highest BCUT2D eigenvalue weighted by molar-refractivity contribution is 6.30. The van der Waals surface area contributed by atoms with Crippen molar-refractivity contribution in [2.75, 3.05) is 25.2 Å². The molecule has 0 aromatic heterocycles. The van der Waals surface area contributed by atoms with Crippen LogP contribution < -0.4 is 9.64 Å². The number of benzene rings is 2. The molecule has 0 aliphatic rings. The maximum Gasteiger partial charge on any atom is 0.344 e. The van der Waals surface area contributed by atoms with Crippen LogP contribution in [0, 0.1) is 13.8 Å². The summed E-state index contributed by atoms with van der Waals surface area (Å²) in [4.78, 5) is 25.3. The molecular formula is C19H20ClNO4. The van der Waals surface area contributed by atoms with Gasteiger partial charge in [-0.05, 0) is 49.2 Å². The maximum atomic E-state index is 12.1. The van der Waals surface area contributed by atoms with E-state index in [1.54, 1.807) is 31.3 Å². The smallest absolute Gasteiger partial charge is 0.344 e. The average Bonchev–Trinajstić information content (AvgIpc) is 2.58. The second kappa shape index (κ2) is 8.53. The van der Waals surface area contributed by atoms with Crippen LogP contribution in [-0.4, -0.2) is 32.1 Å². The summed E-state index contributed by atoms with van der Waals surface area (Å²) in [5, 5.41) is 0.611. The van der Waals surface area contributed by atoms with Crippen molar-refractivity contribution < 1.29 is 19.1 Å². The summed E-state index contributed by atoms with van der Waals surface area (Å²) in [5.74, 6) is -0.337. The van der Waals surface area contributed by atoms with E-state index < -0.39 is 5.97 Å². The molecule has 0 fully saturated rings. The van der Waals surface area contributed by atoms with Gasteiger partial charge in [-0.2, -0.15) is 0 Å². The average molecular weight is 362 g/mol. The van der Waals surface area contributed by atoms with Crippen LogP contribution in [0.5, 0.6) is 5.75 Å². The monoisotopic (exact) mass is 361 g/mol. The molecular weight excluding hydrogens is 342 g/mol. The molecule has 6 heteroatoms. The molecule has 0 radical (unpaired) electrons. The Labute approximate surface area is 152 Å². The molecule has 0 bridgehead atoms. The van der Waals surface area contributed by atoms with E-state index in [4.69, 9.17) is 21.1 Å². The van der Waals surface area contributed by atoms with Crippen molar-refractivity contribution in [3.05, 3.63) is 58.6 Å². The molecule has 0 saturated heterocycles. The van der Waals surface area contributed by atoms with Gasteiger partial charge in [0.2, 0.25) is 0 Å². The molecule has 1 amide bonds. The normalized spacial score (nSPS) is 10.2. The van der Waals surface area contributed by atoms with Crippen molar-refractivity contribution in [1.29, 1.82) is 0 Å². The van der Waals surface area contributed by atoms with E-state index in [-0.39, 0.29) is 19.1 Å². The lowest BCUT2D eigenvalue weighted by Gasteiger charge is -2.17. The zero-order valence-electron chi connectivity index (χ0n) is 14.4. The SMILES string of the molecule is Cc1cc(Cl)cc(C)c1OCC(=O)OCC(=O)N(C)c1ccccc1. The number of hydrogen-bond donors (Lipinski definition) is 0. The number of hydrogen-bond acceptors (Lipinski definition) is 4. The zero-order chi connectivity index (χ0) is 18.4. The Morgan fingerprint density at radius 3 is 2.24 bits per heavy atom. The lowest BCUT2D eigenvalue weighted by atomic mass is 10.1. The van der Waals surface area contributed by atoms with Crippen LogP contribution in [0.4, 0.5) is 5.69 Å². The van der Waals surface area contributed by atoms with Gasteiger partial charge in [0, 0.05) is 17.8 Å². The van der Waals surface area contributed by atoms with E-state index in [9.17, 15) is 9.59 Å². The molecule has 0 heterocycles. The third-order valence-corrected chi connectivity index (χ3v) is 3.85. The summed E-state index contributed by atoms with van der Waals surface area (Å²) >= 11 is 5.96. The second-order valence-corrected chi connectivity index (χ2v) is 6.04. The summed E-state index contributed by atoms with van der Waals surface area (Å²) in [6.07, 6.45) is 0. The van der Waals surface area contributed by atoms with Gasteiger partial charge in [-0.3, -0.25) is 4.79 Å². The van der Waals surface area contributed by atoms with Crippen LogP contribution in [0.2, 0.25) is 5.02 Å². The minimum Gasteiger partial charge on any atom is -0.481 e. The molecule has 5 nitrogen and oxygen atoms in total. The summed E-state index contributed by atoms with van der Waals surface area (Å²) in [5.41, 5.74) is 2.39. The summed E-state index contributed by atoms with van der Waals surface area (Å²) in [6.45, 7) is 3.08. The fraction of sp³-hybridized carbons (Fsp3) is 0.263. The topological polar surface area (TPSA) is 55.8 Å². The van der Waals surface area contributed by atoms with Crippen molar-refractivity contribution in [2.24, 2.45) is 0 Å². The number of para-hydroxylation sites is 1. The quantitative estimate of drug-likeness (QED) is 0.738. The van der Waals surface area contributed by atoms with Crippen LogP contribution in [0.3, 0.4) is 0 Å². The Bertz CT molecular complexity index is 738. The van der Waals surface area contributed by atoms with Gasteiger partial charge in [0.05, 0.1) is 0 Å². The van der Waals surface area contributed by atoms with Gasteiger partial charge in [0.15, 0.2) is 13.2 Å². The third kappa shape index (κ3) is 5.22. The van der Waals surface area contributed by atoms with Crippen LogP contribution in [-0.2, 0) is 14.3 Å². The number of halogens is 1. The van der Waals surface area contributed by atoms with E-state index in [2.05, 4.69) is 0 Å². The van der Waals surface area contributed by atoms with Crippen LogP contribution >= 0.6 is 11.6 Å². The van der Waals surface area contributed by atoms with Gasteiger partial charge in [0.25, 0.3) is 5.91 Å². The van der Waals surface area contributed by atoms with Crippen molar-refractivity contribution in [3.8, 4) is 5.75 Å². The number of rotatable bonds is 6. The minimum atomic E-state index is -0.608. The Morgan fingerprint density at radius 1 is 1.04 bits per heavy atom. The van der Waals surface area contributed by atoms with Gasteiger partial charge in [-0.15, -0.1) is 0 Å². The van der Waals surface area contributed by atoms with Crippen molar-refractivity contribution in [2.45, 2.75) is 13.8 Å². The molecule has 0 aliphatic carbocycles. The Balaban J connectivity index is 1.84. The number of ether oxygens (including phenoxy) is 2. The number of nitrogens with zero attached hydrogens (tertiary/aromatic N) is 1. The zero-order valence-corrected chi connectivity index (χ0v) is 15.2. The van der Waals surface area contributed by atoms with Gasteiger partial charge in [-0.1, -0.05) is 29.8 Å². The molecule has 0 atom stereocenters. The highest BCUT2D eigenvalue weighted by Crippen LogP contribution is 2.26. The molecule has 132 valence electrons. The lowest BCUT2D eigenvalue weighted by molar-refractivity contribution is -0.149. The molecule has 2 aromatic rings. The predicted molar refractivity (Wildman–Crippen MR) is 97.2 cm³/mol. The van der Waals surface area contributed by atoms with Crippen molar-refractivity contribution >= 4 is 29.2 Å². The van der Waals surface area contributed by atoms with E-state index in [0.717, 1.165) is 16.8 Å². The van der Waals surface area contributed by atoms with Gasteiger partial charge in [0.1, 0.15) is 5.75 Å². The number of anilines is 1.